The molecule has 0 unspecified atom stereocenters. The van der Waals surface area contributed by atoms with E-state index in [0.717, 1.165) is 27.5 Å². The maximum absolute atomic E-state index is 12.7. The molecular weight excluding hydrogens is 338 g/mol. The Hall–Kier alpha value is -3.14. The van der Waals surface area contributed by atoms with Crippen molar-refractivity contribution >= 4 is 22.6 Å². The summed E-state index contributed by atoms with van der Waals surface area (Å²) < 4.78 is 4.90. The van der Waals surface area contributed by atoms with Crippen LogP contribution in [0.15, 0.2) is 60.7 Å². The van der Waals surface area contributed by atoms with Crippen molar-refractivity contribution in [3.8, 4) is 0 Å². The number of rotatable bonds is 5. The fourth-order valence-electron chi connectivity index (χ4n) is 3.28. The average Bonchev–Trinajstić information content (AvgIpc) is 2.66. The van der Waals surface area contributed by atoms with Crippen molar-refractivity contribution in [2.75, 3.05) is 7.11 Å². The lowest BCUT2D eigenvalue weighted by atomic mass is 10.0. The van der Waals surface area contributed by atoms with Crippen molar-refractivity contribution in [2.45, 2.75) is 26.3 Å². The van der Waals surface area contributed by atoms with Crippen molar-refractivity contribution in [1.29, 1.82) is 0 Å². The number of hydrogen-bond acceptors (Lipinski definition) is 3. The Labute approximate surface area is 159 Å². The molecule has 0 bridgehead atoms. The average molecular weight is 361 g/mol. The normalized spacial score (nSPS) is 11.8. The number of benzene rings is 3. The van der Waals surface area contributed by atoms with Gasteiger partial charge < -0.3 is 10.1 Å². The van der Waals surface area contributed by atoms with Gasteiger partial charge in [0.2, 0.25) is 0 Å². The van der Waals surface area contributed by atoms with Crippen LogP contribution in [0.3, 0.4) is 0 Å². The lowest BCUT2D eigenvalue weighted by molar-refractivity contribution is -0.142. The van der Waals surface area contributed by atoms with Gasteiger partial charge >= 0.3 is 5.97 Å². The van der Waals surface area contributed by atoms with Gasteiger partial charge in [0.15, 0.2) is 0 Å². The fourth-order valence-corrected chi connectivity index (χ4v) is 3.28. The molecule has 0 aromatic heterocycles. The van der Waals surface area contributed by atoms with Gasteiger partial charge in [-0.3, -0.25) is 4.79 Å². The van der Waals surface area contributed by atoms with E-state index in [-0.39, 0.29) is 5.91 Å². The number of carbonyl (C=O) groups is 2. The minimum absolute atomic E-state index is 0.280. The molecule has 0 aliphatic carbocycles. The molecule has 0 heterocycles. The van der Waals surface area contributed by atoms with Crippen LogP contribution in [-0.4, -0.2) is 25.0 Å². The Bertz CT molecular complexity index is 974. The third kappa shape index (κ3) is 4.53. The van der Waals surface area contributed by atoms with Gasteiger partial charge in [0.25, 0.3) is 5.91 Å². The number of nitrogens with one attached hydrogen (secondary N) is 1. The van der Waals surface area contributed by atoms with Crippen LogP contribution in [0.2, 0.25) is 0 Å². The molecule has 3 aromatic carbocycles. The number of esters is 1. The van der Waals surface area contributed by atoms with Crippen molar-refractivity contribution < 1.29 is 14.3 Å². The van der Waals surface area contributed by atoms with E-state index >= 15 is 0 Å². The molecule has 1 N–H and O–H groups in total. The van der Waals surface area contributed by atoms with E-state index in [1.54, 1.807) is 0 Å². The van der Waals surface area contributed by atoms with E-state index in [2.05, 4.69) is 5.32 Å². The van der Waals surface area contributed by atoms with E-state index in [1.165, 1.54) is 7.11 Å². The molecule has 1 amide bonds. The standard InChI is InChI=1S/C23H23NO3/c1-15-10-16(2)12-20(11-15)22(25)24-21(23(26)27-3)14-17-8-9-18-6-4-5-7-19(18)13-17/h4-13,21H,14H2,1-3H3,(H,24,25)/t21-/m1/s1. The SMILES string of the molecule is COC(=O)[C@@H](Cc1ccc2ccccc2c1)NC(=O)c1cc(C)cc(C)c1. The zero-order valence-corrected chi connectivity index (χ0v) is 15.8. The lowest BCUT2D eigenvalue weighted by Gasteiger charge is -2.17. The second-order valence-corrected chi connectivity index (χ2v) is 6.81. The number of fused-ring (bicyclic) bond motifs is 1. The molecule has 0 radical (unpaired) electrons. The summed E-state index contributed by atoms with van der Waals surface area (Å²) in [6.07, 6.45) is 0.369. The highest BCUT2D eigenvalue weighted by atomic mass is 16.5. The van der Waals surface area contributed by atoms with Gasteiger partial charge in [0, 0.05) is 12.0 Å². The first-order chi connectivity index (χ1) is 13.0. The summed E-state index contributed by atoms with van der Waals surface area (Å²) in [4.78, 5) is 24.9. The molecule has 0 spiro atoms. The Kier molecular flexibility index (Phi) is 5.55. The lowest BCUT2D eigenvalue weighted by Crippen LogP contribution is -2.43. The van der Waals surface area contributed by atoms with Gasteiger partial charge in [-0.25, -0.2) is 4.79 Å². The molecule has 0 saturated heterocycles. The molecule has 0 aliphatic rings. The fraction of sp³-hybridized carbons (Fsp3) is 0.217. The van der Waals surface area contributed by atoms with Crippen LogP contribution in [0.25, 0.3) is 10.8 Å². The van der Waals surface area contributed by atoms with Gasteiger partial charge in [-0.05, 0) is 42.3 Å². The molecule has 1 atom stereocenters. The molecule has 138 valence electrons. The van der Waals surface area contributed by atoms with Crippen LogP contribution in [0, 0.1) is 13.8 Å². The van der Waals surface area contributed by atoms with Gasteiger partial charge in [-0.1, -0.05) is 59.7 Å². The Morgan fingerprint density at radius 1 is 0.926 bits per heavy atom. The predicted octanol–water partition coefficient (Wildman–Crippen LogP) is 3.97. The molecule has 0 fully saturated rings. The van der Waals surface area contributed by atoms with Crippen LogP contribution in [0.4, 0.5) is 0 Å². The highest BCUT2D eigenvalue weighted by molar-refractivity contribution is 5.97. The van der Waals surface area contributed by atoms with Crippen LogP contribution >= 0.6 is 0 Å². The van der Waals surface area contributed by atoms with Gasteiger partial charge in [-0.2, -0.15) is 0 Å². The number of carbonyl (C=O) groups excluding carboxylic acids is 2. The van der Waals surface area contributed by atoms with Crippen molar-refractivity contribution in [2.24, 2.45) is 0 Å². The molecule has 3 rings (SSSR count). The molecular formula is C23H23NO3. The Morgan fingerprint density at radius 2 is 1.59 bits per heavy atom. The Morgan fingerprint density at radius 3 is 2.26 bits per heavy atom. The van der Waals surface area contributed by atoms with Crippen LogP contribution < -0.4 is 5.32 Å². The van der Waals surface area contributed by atoms with E-state index in [4.69, 9.17) is 4.74 Å². The first-order valence-corrected chi connectivity index (χ1v) is 8.91. The summed E-state index contributed by atoms with van der Waals surface area (Å²) in [7, 11) is 1.33. The van der Waals surface area contributed by atoms with E-state index in [9.17, 15) is 9.59 Å². The number of methoxy groups -OCH3 is 1. The molecule has 0 saturated carbocycles. The number of hydrogen-bond donors (Lipinski definition) is 1. The molecule has 4 nitrogen and oxygen atoms in total. The predicted molar refractivity (Wildman–Crippen MR) is 107 cm³/mol. The zero-order chi connectivity index (χ0) is 19.4. The smallest absolute Gasteiger partial charge is 0.328 e. The minimum atomic E-state index is -0.746. The summed E-state index contributed by atoms with van der Waals surface area (Å²) in [6.45, 7) is 3.88. The maximum atomic E-state index is 12.7. The molecule has 4 heteroatoms. The number of amides is 1. The highest BCUT2D eigenvalue weighted by Gasteiger charge is 2.23. The van der Waals surface area contributed by atoms with Crippen LogP contribution in [0.1, 0.15) is 27.0 Å². The quantitative estimate of drug-likeness (QED) is 0.700. The topological polar surface area (TPSA) is 55.4 Å². The molecule has 0 aliphatic heterocycles. The van der Waals surface area contributed by atoms with E-state index in [1.807, 2.05) is 74.5 Å². The molecule has 27 heavy (non-hydrogen) atoms. The summed E-state index contributed by atoms with van der Waals surface area (Å²) in [5.74, 6) is -0.737. The monoisotopic (exact) mass is 361 g/mol. The van der Waals surface area contributed by atoms with E-state index in [0.29, 0.717) is 12.0 Å². The summed E-state index contributed by atoms with van der Waals surface area (Å²) >= 11 is 0. The first-order valence-electron chi connectivity index (χ1n) is 8.91. The van der Waals surface area contributed by atoms with Crippen LogP contribution in [0.5, 0.6) is 0 Å². The first kappa shape index (κ1) is 18.6. The van der Waals surface area contributed by atoms with Crippen LogP contribution in [-0.2, 0) is 16.0 Å². The second kappa shape index (κ2) is 8.04. The second-order valence-electron chi connectivity index (χ2n) is 6.81. The number of aryl methyl sites for hydroxylation is 2. The van der Waals surface area contributed by atoms with Crippen molar-refractivity contribution in [1.82, 2.24) is 5.32 Å². The number of ether oxygens (including phenoxy) is 1. The van der Waals surface area contributed by atoms with Gasteiger partial charge in [0.1, 0.15) is 6.04 Å². The van der Waals surface area contributed by atoms with Gasteiger partial charge in [-0.15, -0.1) is 0 Å². The molecule has 3 aromatic rings. The third-order valence-electron chi connectivity index (χ3n) is 4.53. The third-order valence-corrected chi connectivity index (χ3v) is 4.53. The van der Waals surface area contributed by atoms with Crippen molar-refractivity contribution in [3.63, 3.8) is 0 Å². The summed E-state index contributed by atoms with van der Waals surface area (Å²) in [5, 5.41) is 5.05. The largest absolute Gasteiger partial charge is 0.467 e. The maximum Gasteiger partial charge on any atom is 0.328 e. The highest BCUT2D eigenvalue weighted by Crippen LogP contribution is 2.17. The van der Waals surface area contributed by atoms with Gasteiger partial charge in [0.05, 0.1) is 7.11 Å². The Balaban J connectivity index is 1.82. The summed E-state index contributed by atoms with van der Waals surface area (Å²) in [6, 6.07) is 18.9. The minimum Gasteiger partial charge on any atom is -0.467 e. The van der Waals surface area contributed by atoms with E-state index < -0.39 is 12.0 Å². The van der Waals surface area contributed by atoms with Crippen molar-refractivity contribution in [3.05, 3.63) is 82.9 Å². The zero-order valence-electron chi connectivity index (χ0n) is 15.8. The summed E-state index contributed by atoms with van der Waals surface area (Å²) in [5.41, 5.74) is 3.51.